The number of carbonyl (C=O) groups excluding carboxylic acids is 2. The fourth-order valence-corrected chi connectivity index (χ4v) is 1.53. The highest BCUT2D eigenvalue weighted by molar-refractivity contribution is 14.1. The van der Waals surface area contributed by atoms with Gasteiger partial charge in [0.05, 0.1) is 13.2 Å². The molecule has 0 aromatic heterocycles. The van der Waals surface area contributed by atoms with Crippen LogP contribution < -0.4 is 0 Å². The number of carbonyl (C=O) groups is 2. The van der Waals surface area contributed by atoms with Gasteiger partial charge in [0, 0.05) is 19.6 Å². The number of nitrogens with zero attached hydrogens (tertiary/aromatic N) is 1. The Bertz CT molecular complexity index is 287. The Kier molecular flexibility index (Phi) is 5.81. The molecule has 0 amide bonds. The number of esters is 1. The molecule has 1 aliphatic rings. The molecule has 17 heavy (non-hydrogen) atoms. The number of rotatable bonds is 5. The van der Waals surface area contributed by atoms with E-state index in [0.29, 0.717) is 13.2 Å². The van der Waals surface area contributed by atoms with Crippen LogP contribution >= 0.6 is 22.6 Å². The van der Waals surface area contributed by atoms with E-state index in [4.69, 9.17) is 9.47 Å². The Hall–Kier alpha value is -0.210. The van der Waals surface area contributed by atoms with E-state index in [0.717, 1.165) is 26.3 Å². The lowest BCUT2D eigenvalue weighted by molar-refractivity contribution is -0.148. The second kappa shape index (κ2) is 6.65. The second-order valence-corrected chi connectivity index (χ2v) is 6.31. The van der Waals surface area contributed by atoms with E-state index in [9.17, 15) is 9.59 Å². The van der Waals surface area contributed by atoms with Gasteiger partial charge in [-0.25, -0.2) is 0 Å². The number of halogens is 1. The lowest BCUT2D eigenvalue weighted by atomic mass is 10.1. The third kappa shape index (κ3) is 4.51. The fraction of sp³-hybridized carbons (Fsp3) is 0.818. The van der Waals surface area contributed by atoms with Crippen molar-refractivity contribution in [2.75, 3.05) is 39.5 Å². The minimum absolute atomic E-state index is 0.186. The Morgan fingerprint density at radius 3 is 2.53 bits per heavy atom. The molecule has 5 nitrogen and oxygen atoms in total. The molecule has 0 bridgehead atoms. The first-order valence-corrected chi connectivity index (χ1v) is 6.69. The number of hydrogen-bond acceptors (Lipinski definition) is 5. The van der Waals surface area contributed by atoms with Gasteiger partial charge in [-0.15, -0.1) is 0 Å². The normalized spacial score (nSPS) is 20.6. The summed E-state index contributed by atoms with van der Waals surface area (Å²) in [6.45, 7) is 7.18. The van der Waals surface area contributed by atoms with Crippen LogP contribution in [0.4, 0.5) is 0 Å². The highest BCUT2D eigenvalue weighted by Gasteiger charge is 2.36. The van der Waals surface area contributed by atoms with E-state index in [1.165, 1.54) is 6.92 Å². The van der Waals surface area contributed by atoms with Crippen LogP contribution in [0.2, 0.25) is 0 Å². The van der Waals surface area contributed by atoms with Gasteiger partial charge in [-0.05, 0) is 13.8 Å². The number of ketones is 1. The SMILES string of the molecule is CC(=O)C(C)(I)C(=O)OCCN1CCOCC1. The highest BCUT2D eigenvalue weighted by atomic mass is 127. The van der Waals surface area contributed by atoms with Crippen LogP contribution in [-0.2, 0) is 19.1 Å². The molecule has 0 spiro atoms. The lowest BCUT2D eigenvalue weighted by Crippen LogP contribution is -2.41. The predicted octanol–water partition coefficient (Wildman–Crippen LogP) is 0.645. The average molecular weight is 355 g/mol. The van der Waals surface area contributed by atoms with E-state index in [2.05, 4.69) is 4.90 Å². The van der Waals surface area contributed by atoms with Gasteiger partial charge in [0.1, 0.15) is 6.61 Å². The first-order valence-electron chi connectivity index (χ1n) is 5.62. The van der Waals surface area contributed by atoms with Gasteiger partial charge < -0.3 is 9.47 Å². The summed E-state index contributed by atoms with van der Waals surface area (Å²) in [4.78, 5) is 25.1. The fourth-order valence-electron chi connectivity index (χ4n) is 1.37. The Balaban J connectivity index is 2.26. The standard InChI is InChI=1S/C11H18INO4/c1-9(14)11(2,12)10(15)17-8-5-13-3-6-16-7-4-13/h3-8H2,1-2H3. The van der Waals surface area contributed by atoms with Crippen molar-refractivity contribution in [1.82, 2.24) is 4.90 Å². The Labute approximate surface area is 115 Å². The van der Waals surface area contributed by atoms with Gasteiger partial charge >= 0.3 is 5.97 Å². The molecule has 1 saturated heterocycles. The molecule has 0 aromatic rings. The maximum atomic E-state index is 11.7. The molecule has 0 N–H and O–H groups in total. The van der Waals surface area contributed by atoms with E-state index >= 15 is 0 Å². The molecule has 1 atom stereocenters. The van der Waals surface area contributed by atoms with E-state index < -0.39 is 9.39 Å². The lowest BCUT2D eigenvalue weighted by Gasteiger charge is -2.26. The zero-order valence-corrected chi connectivity index (χ0v) is 12.4. The van der Waals surface area contributed by atoms with Crippen LogP contribution in [-0.4, -0.2) is 59.5 Å². The quantitative estimate of drug-likeness (QED) is 0.314. The molecular formula is C11H18INO4. The van der Waals surface area contributed by atoms with E-state index in [1.54, 1.807) is 6.92 Å². The van der Waals surface area contributed by atoms with Crippen LogP contribution in [0, 0.1) is 0 Å². The number of Topliss-reactive ketones (excluding diaryl/α,β-unsaturated/α-hetero) is 1. The third-order valence-corrected chi connectivity index (χ3v) is 3.99. The Morgan fingerprint density at radius 2 is 2.00 bits per heavy atom. The van der Waals surface area contributed by atoms with Gasteiger partial charge in [0.2, 0.25) is 0 Å². The summed E-state index contributed by atoms with van der Waals surface area (Å²) in [7, 11) is 0. The van der Waals surface area contributed by atoms with Crippen molar-refractivity contribution in [3.05, 3.63) is 0 Å². The van der Waals surface area contributed by atoms with Crippen molar-refractivity contribution >= 4 is 34.3 Å². The first kappa shape index (κ1) is 14.8. The summed E-state index contributed by atoms with van der Waals surface area (Å²) in [5.41, 5.74) is 0. The summed E-state index contributed by atoms with van der Waals surface area (Å²) in [6, 6.07) is 0. The number of morpholine rings is 1. The maximum absolute atomic E-state index is 11.7. The van der Waals surface area contributed by atoms with Crippen LogP contribution in [0.1, 0.15) is 13.8 Å². The predicted molar refractivity (Wildman–Crippen MR) is 71.3 cm³/mol. The second-order valence-electron chi connectivity index (χ2n) is 4.15. The van der Waals surface area contributed by atoms with Crippen molar-refractivity contribution < 1.29 is 19.1 Å². The molecule has 0 saturated carbocycles. The van der Waals surface area contributed by atoms with Gasteiger partial charge in [0.15, 0.2) is 9.20 Å². The summed E-state index contributed by atoms with van der Waals surface area (Å²) in [6.07, 6.45) is 0. The largest absolute Gasteiger partial charge is 0.463 e. The summed E-state index contributed by atoms with van der Waals surface area (Å²) in [5, 5.41) is 0. The van der Waals surface area contributed by atoms with Crippen molar-refractivity contribution in [2.24, 2.45) is 0 Å². The van der Waals surface area contributed by atoms with E-state index in [1.807, 2.05) is 22.6 Å². The molecule has 1 unspecified atom stereocenters. The maximum Gasteiger partial charge on any atom is 0.329 e. The number of ether oxygens (including phenoxy) is 2. The summed E-state index contributed by atoms with van der Waals surface area (Å²) < 4.78 is 9.27. The van der Waals surface area contributed by atoms with Gasteiger partial charge in [0.25, 0.3) is 0 Å². The van der Waals surface area contributed by atoms with Crippen molar-refractivity contribution in [1.29, 1.82) is 0 Å². The van der Waals surface area contributed by atoms with Crippen LogP contribution in [0.5, 0.6) is 0 Å². The van der Waals surface area contributed by atoms with Gasteiger partial charge in [-0.3, -0.25) is 14.5 Å². The third-order valence-electron chi connectivity index (χ3n) is 2.79. The van der Waals surface area contributed by atoms with Crippen LogP contribution in [0.25, 0.3) is 0 Å². The molecule has 1 aliphatic heterocycles. The minimum atomic E-state index is -1.07. The molecule has 1 rings (SSSR count). The van der Waals surface area contributed by atoms with E-state index in [-0.39, 0.29) is 5.78 Å². The van der Waals surface area contributed by atoms with Crippen molar-refractivity contribution in [2.45, 2.75) is 17.3 Å². The first-order chi connectivity index (χ1) is 7.94. The van der Waals surface area contributed by atoms with Crippen LogP contribution in [0.3, 0.4) is 0 Å². The monoisotopic (exact) mass is 355 g/mol. The van der Waals surface area contributed by atoms with Crippen molar-refractivity contribution in [3.63, 3.8) is 0 Å². The summed E-state index contributed by atoms with van der Waals surface area (Å²) in [5.74, 6) is -0.645. The molecule has 1 heterocycles. The minimum Gasteiger partial charge on any atom is -0.463 e. The topological polar surface area (TPSA) is 55.8 Å². The molecule has 0 radical (unpaired) electrons. The van der Waals surface area contributed by atoms with Gasteiger partial charge in [-0.2, -0.15) is 0 Å². The molecule has 6 heteroatoms. The molecule has 0 aliphatic carbocycles. The summed E-state index contributed by atoms with van der Waals surface area (Å²) >= 11 is 1.83. The van der Waals surface area contributed by atoms with Gasteiger partial charge in [-0.1, -0.05) is 22.6 Å². The molecular weight excluding hydrogens is 337 g/mol. The average Bonchev–Trinajstić information content (AvgIpc) is 2.30. The van der Waals surface area contributed by atoms with Crippen molar-refractivity contribution in [3.8, 4) is 0 Å². The zero-order valence-electron chi connectivity index (χ0n) is 10.2. The molecule has 1 fully saturated rings. The highest BCUT2D eigenvalue weighted by Crippen LogP contribution is 2.21. The molecule has 98 valence electrons. The number of alkyl halides is 1. The number of hydrogen-bond donors (Lipinski definition) is 0. The molecule has 0 aromatic carbocycles. The van der Waals surface area contributed by atoms with Crippen LogP contribution in [0.15, 0.2) is 0 Å². The zero-order chi connectivity index (χ0) is 12.9. The Morgan fingerprint density at radius 1 is 1.41 bits per heavy atom. The smallest absolute Gasteiger partial charge is 0.329 e.